The molecule has 1 rings (SSSR count). The second kappa shape index (κ2) is 11.4. The molecule has 1 fully saturated rings. The Balaban J connectivity index is 0.00000441. The summed E-state index contributed by atoms with van der Waals surface area (Å²) >= 11 is 0. The van der Waals surface area contributed by atoms with E-state index in [0.29, 0.717) is 12.5 Å². The predicted molar refractivity (Wildman–Crippen MR) is 104 cm³/mol. The van der Waals surface area contributed by atoms with Gasteiger partial charge in [-0.1, -0.05) is 6.92 Å². The molecule has 2 N–H and O–H groups in total. The normalized spacial score (nSPS) is 17.9. The van der Waals surface area contributed by atoms with Crippen LogP contribution in [0.4, 0.5) is 0 Å². The number of sulfone groups is 1. The number of hydrogen-bond donors (Lipinski definition) is 2. The largest absolute Gasteiger partial charge is 0.356 e. The maximum Gasteiger partial charge on any atom is 0.191 e. The average molecular weight is 446 g/mol. The molecule has 0 atom stereocenters. The van der Waals surface area contributed by atoms with Gasteiger partial charge in [-0.3, -0.25) is 4.99 Å². The molecule has 0 saturated carbocycles. The van der Waals surface area contributed by atoms with Crippen molar-refractivity contribution in [2.24, 2.45) is 10.9 Å². The number of guanidine groups is 1. The summed E-state index contributed by atoms with van der Waals surface area (Å²) in [6.45, 7) is 7.10. The quantitative estimate of drug-likeness (QED) is 0.264. The van der Waals surface area contributed by atoms with Crippen molar-refractivity contribution in [3.8, 4) is 0 Å². The van der Waals surface area contributed by atoms with Gasteiger partial charge in [0.25, 0.3) is 0 Å². The molecule has 1 saturated heterocycles. The summed E-state index contributed by atoms with van der Waals surface area (Å²) in [7, 11) is -1.23. The van der Waals surface area contributed by atoms with Crippen molar-refractivity contribution >= 4 is 39.8 Å². The third-order valence-electron chi connectivity index (χ3n) is 3.81. The van der Waals surface area contributed by atoms with Crippen molar-refractivity contribution < 1.29 is 8.42 Å². The summed E-state index contributed by atoms with van der Waals surface area (Å²) in [4.78, 5) is 6.60. The molecule has 0 aromatic rings. The molecule has 0 radical (unpaired) electrons. The van der Waals surface area contributed by atoms with Crippen LogP contribution in [0.1, 0.15) is 26.2 Å². The zero-order chi connectivity index (χ0) is 15.7. The van der Waals surface area contributed by atoms with Gasteiger partial charge in [0.15, 0.2) is 5.96 Å². The lowest BCUT2D eigenvalue weighted by Crippen LogP contribution is -2.41. The molecule has 0 aromatic heterocycles. The average Bonchev–Trinajstić information content (AvgIpc) is 2.42. The van der Waals surface area contributed by atoms with Crippen molar-refractivity contribution in [3.05, 3.63) is 0 Å². The van der Waals surface area contributed by atoms with Gasteiger partial charge in [0, 0.05) is 26.4 Å². The van der Waals surface area contributed by atoms with Gasteiger partial charge in [-0.15, -0.1) is 24.0 Å². The van der Waals surface area contributed by atoms with Gasteiger partial charge in [0.2, 0.25) is 0 Å². The minimum absolute atomic E-state index is 0. The first kappa shape index (κ1) is 21.9. The van der Waals surface area contributed by atoms with E-state index in [9.17, 15) is 8.42 Å². The standard InChI is InChI=1S/C14H30N4O2S.HI/c1-13-5-10-18(11-6-13)9-4-7-16-14(15-2)17-8-12-21(3,19)20;/h13H,4-12H2,1-3H3,(H2,15,16,17);1H. The highest BCUT2D eigenvalue weighted by atomic mass is 127. The molecule has 1 heterocycles. The van der Waals surface area contributed by atoms with E-state index in [2.05, 4.69) is 27.4 Å². The molecule has 0 spiro atoms. The number of nitrogens with zero attached hydrogens (tertiary/aromatic N) is 2. The first-order valence-corrected chi connectivity index (χ1v) is 9.81. The Morgan fingerprint density at radius 1 is 1.23 bits per heavy atom. The topological polar surface area (TPSA) is 73.8 Å². The van der Waals surface area contributed by atoms with Crippen LogP contribution in [0.15, 0.2) is 4.99 Å². The molecule has 8 heteroatoms. The number of hydrogen-bond acceptors (Lipinski definition) is 4. The number of rotatable bonds is 7. The Labute approximate surface area is 152 Å². The summed E-state index contributed by atoms with van der Waals surface area (Å²) in [6.07, 6.45) is 4.93. The Morgan fingerprint density at radius 3 is 2.36 bits per heavy atom. The monoisotopic (exact) mass is 446 g/mol. The van der Waals surface area contributed by atoms with Gasteiger partial charge in [-0.2, -0.15) is 0 Å². The van der Waals surface area contributed by atoms with Crippen LogP contribution in [0.5, 0.6) is 0 Å². The van der Waals surface area contributed by atoms with Crippen molar-refractivity contribution in [1.29, 1.82) is 0 Å². The number of nitrogens with one attached hydrogen (secondary N) is 2. The van der Waals surface area contributed by atoms with E-state index in [0.717, 1.165) is 25.4 Å². The van der Waals surface area contributed by atoms with Crippen molar-refractivity contribution in [3.63, 3.8) is 0 Å². The number of likely N-dealkylation sites (tertiary alicyclic amines) is 1. The van der Waals surface area contributed by atoms with Crippen LogP contribution in [0.3, 0.4) is 0 Å². The van der Waals surface area contributed by atoms with Crippen molar-refractivity contribution in [2.45, 2.75) is 26.2 Å². The summed E-state index contributed by atoms with van der Waals surface area (Å²) in [5.41, 5.74) is 0. The first-order valence-electron chi connectivity index (χ1n) is 7.75. The molecule has 1 aliphatic rings. The van der Waals surface area contributed by atoms with E-state index >= 15 is 0 Å². The van der Waals surface area contributed by atoms with Gasteiger partial charge < -0.3 is 15.5 Å². The van der Waals surface area contributed by atoms with Crippen LogP contribution in [-0.4, -0.2) is 71.1 Å². The van der Waals surface area contributed by atoms with Crippen LogP contribution in [-0.2, 0) is 9.84 Å². The second-order valence-corrected chi connectivity index (χ2v) is 8.19. The zero-order valence-electron chi connectivity index (χ0n) is 14.0. The van der Waals surface area contributed by atoms with Crippen molar-refractivity contribution in [2.75, 3.05) is 51.8 Å². The van der Waals surface area contributed by atoms with Gasteiger partial charge >= 0.3 is 0 Å². The highest BCUT2D eigenvalue weighted by Gasteiger charge is 2.14. The maximum absolute atomic E-state index is 11.1. The van der Waals surface area contributed by atoms with Gasteiger partial charge in [0.05, 0.1) is 5.75 Å². The van der Waals surface area contributed by atoms with E-state index in [1.54, 1.807) is 7.05 Å². The molecule has 132 valence electrons. The number of aliphatic imine (C=N–C) groups is 1. The zero-order valence-corrected chi connectivity index (χ0v) is 17.1. The van der Waals surface area contributed by atoms with E-state index < -0.39 is 9.84 Å². The highest BCUT2D eigenvalue weighted by Crippen LogP contribution is 2.15. The lowest BCUT2D eigenvalue weighted by Gasteiger charge is -2.30. The summed E-state index contributed by atoms with van der Waals surface area (Å²) in [5.74, 6) is 1.67. The molecule has 0 aliphatic carbocycles. The third-order valence-corrected chi connectivity index (χ3v) is 4.75. The second-order valence-electron chi connectivity index (χ2n) is 5.93. The van der Waals surface area contributed by atoms with E-state index in [1.165, 1.54) is 32.2 Å². The molecule has 0 bridgehead atoms. The molecule has 0 aromatic carbocycles. The SMILES string of the molecule is CN=C(NCCCN1CCC(C)CC1)NCCS(C)(=O)=O.I. The lowest BCUT2D eigenvalue weighted by atomic mass is 9.99. The smallest absolute Gasteiger partial charge is 0.191 e. The fourth-order valence-corrected chi connectivity index (χ4v) is 2.84. The molecule has 6 nitrogen and oxygen atoms in total. The lowest BCUT2D eigenvalue weighted by molar-refractivity contribution is 0.191. The van der Waals surface area contributed by atoms with Gasteiger partial charge in [0.1, 0.15) is 9.84 Å². The Kier molecular flexibility index (Phi) is 11.4. The molecular formula is C14H31IN4O2S. The van der Waals surface area contributed by atoms with Gasteiger partial charge in [-0.25, -0.2) is 8.42 Å². The Morgan fingerprint density at radius 2 is 1.82 bits per heavy atom. The summed E-state index contributed by atoms with van der Waals surface area (Å²) in [6, 6.07) is 0. The fraction of sp³-hybridized carbons (Fsp3) is 0.929. The van der Waals surface area contributed by atoms with Crippen LogP contribution < -0.4 is 10.6 Å². The van der Waals surface area contributed by atoms with Crippen LogP contribution in [0, 0.1) is 5.92 Å². The van der Waals surface area contributed by atoms with Crippen LogP contribution >= 0.6 is 24.0 Å². The molecule has 1 aliphatic heterocycles. The maximum atomic E-state index is 11.1. The number of halogens is 1. The molecule has 0 unspecified atom stereocenters. The molecule has 22 heavy (non-hydrogen) atoms. The Bertz CT molecular complexity index is 421. The predicted octanol–water partition coefficient (Wildman–Crippen LogP) is 0.936. The minimum Gasteiger partial charge on any atom is -0.356 e. The summed E-state index contributed by atoms with van der Waals surface area (Å²) in [5, 5.41) is 6.24. The highest BCUT2D eigenvalue weighted by molar-refractivity contribution is 14.0. The van der Waals surface area contributed by atoms with E-state index in [4.69, 9.17) is 0 Å². The third kappa shape index (κ3) is 10.6. The van der Waals surface area contributed by atoms with E-state index in [-0.39, 0.29) is 29.7 Å². The van der Waals surface area contributed by atoms with Crippen LogP contribution in [0.2, 0.25) is 0 Å². The molecule has 0 amide bonds. The minimum atomic E-state index is -2.92. The fourth-order valence-electron chi connectivity index (χ4n) is 2.37. The van der Waals surface area contributed by atoms with Gasteiger partial charge in [-0.05, 0) is 44.8 Å². The number of piperidine rings is 1. The first-order chi connectivity index (χ1) is 9.90. The van der Waals surface area contributed by atoms with Crippen LogP contribution in [0.25, 0.3) is 0 Å². The Hall–Kier alpha value is -0.0900. The van der Waals surface area contributed by atoms with E-state index in [1.807, 2.05) is 0 Å². The van der Waals surface area contributed by atoms with Crippen molar-refractivity contribution in [1.82, 2.24) is 15.5 Å². The summed E-state index contributed by atoms with van der Waals surface area (Å²) < 4.78 is 22.1. The molecular weight excluding hydrogens is 415 g/mol.